The number of ether oxygens (including phenoxy) is 2. The second kappa shape index (κ2) is 9.82. The number of para-hydroxylation sites is 2. The fourth-order valence-corrected chi connectivity index (χ4v) is 1.95. The first-order valence-corrected chi connectivity index (χ1v) is 7.76. The van der Waals surface area contributed by atoms with Crippen LogP contribution < -0.4 is 9.47 Å². The van der Waals surface area contributed by atoms with E-state index in [-0.39, 0.29) is 0 Å². The summed E-state index contributed by atoms with van der Waals surface area (Å²) < 4.78 is 11.2. The highest BCUT2D eigenvalue weighted by Gasteiger charge is 1.95. The molecule has 0 radical (unpaired) electrons. The fraction of sp³-hybridized carbons (Fsp3) is 0.182. The van der Waals surface area contributed by atoms with Gasteiger partial charge in [0.1, 0.15) is 24.7 Å². The summed E-state index contributed by atoms with van der Waals surface area (Å²) >= 11 is 0. The van der Waals surface area contributed by atoms with Crippen molar-refractivity contribution >= 4 is 0 Å². The van der Waals surface area contributed by atoms with Crippen LogP contribution in [-0.2, 0) is 0 Å². The number of rotatable bonds is 4. The molecule has 0 bridgehead atoms. The summed E-state index contributed by atoms with van der Waals surface area (Å²) in [6.07, 6.45) is 3.42. The molecule has 0 aliphatic carbocycles. The lowest BCUT2D eigenvalue weighted by Gasteiger charge is -2.04. The van der Waals surface area contributed by atoms with Gasteiger partial charge in [0.2, 0.25) is 0 Å². The monoisotopic (exact) mass is 316 g/mol. The van der Waals surface area contributed by atoms with E-state index in [1.54, 1.807) is 12.2 Å². The van der Waals surface area contributed by atoms with Gasteiger partial charge < -0.3 is 9.47 Å². The summed E-state index contributed by atoms with van der Waals surface area (Å²) in [5, 5.41) is 0. The number of benzene rings is 2. The van der Waals surface area contributed by atoms with Crippen LogP contribution in [0.25, 0.3) is 0 Å². The fourth-order valence-electron chi connectivity index (χ4n) is 1.95. The number of hydrogen-bond donors (Lipinski definition) is 0. The molecule has 2 nitrogen and oxygen atoms in total. The largest absolute Gasteiger partial charge is 0.481 e. The molecule has 2 aromatic carbocycles. The Morgan fingerprint density at radius 1 is 0.708 bits per heavy atom. The molecule has 0 aliphatic rings. The van der Waals surface area contributed by atoms with Crippen LogP contribution in [0.3, 0.4) is 0 Å². The number of aryl methyl sites for hydroxylation is 2. The van der Waals surface area contributed by atoms with E-state index >= 15 is 0 Å². The normalized spacial score (nSPS) is 9.58. The van der Waals surface area contributed by atoms with Crippen molar-refractivity contribution in [1.82, 2.24) is 0 Å². The molecule has 2 rings (SSSR count). The molecule has 0 heterocycles. The molecule has 0 unspecified atom stereocenters. The highest BCUT2D eigenvalue weighted by molar-refractivity contribution is 5.33. The zero-order valence-electron chi connectivity index (χ0n) is 14.0. The first-order valence-electron chi connectivity index (χ1n) is 7.76. The average Bonchev–Trinajstić information content (AvgIpc) is 2.59. The lowest BCUT2D eigenvalue weighted by molar-refractivity contribution is 0.367. The molecule has 0 spiro atoms. The molecule has 0 amide bonds. The Kier molecular flexibility index (Phi) is 7.06. The van der Waals surface area contributed by atoms with Gasteiger partial charge in [0.05, 0.1) is 0 Å². The third-order valence-corrected chi connectivity index (χ3v) is 3.24. The molecule has 2 aromatic rings. The standard InChI is InChI=1S/C22H20O2/c1-19-13-7-9-15-21(19)23-17-11-5-3-4-6-12-18-24-22-16-10-8-14-20(22)2/h3-4,7-10,13-16H,17-18H2,1-2H3/b4-3-. The van der Waals surface area contributed by atoms with E-state index in [0.29, 0.717) is 13.2 Å². The Labute approximate surface area is 144 Å². The van der Waals surface area contributed by atoms with Gasteiger partial charge in [0.25, 0.3) is 0 Å². The van der Waals surface area contributed by atoms with E-state index in [2.05, 4.69) is 23.7 Å². The molecule has 0 N–H and O–H groups in total. The maximum atomic E-state index is 5.58. The van der Waals surface area contributed by atoms with E-state index in [1.807, 2.05) is 62.4 Å². The topological polar surface area (TPSA) is 18.5 Å². The lowest BCUT2D eigenvalue weighted by atomic mass is 10.2. The number of hydrogen-bond acceptors (Lipinski definition) is 2. The van der Waals surface area contributed by atoms with Gasteiger partial charge in [-0.1, -0.05) is 60.1 Å². The Hall–Kier alpha value is -3.10. The molecule has 24 heavy (non-hydrogen) atoms. The SMILES string of the molecule is Cc1ccccc1OCC#C/C=C\C#CCOc1ccccc1C. The van der Waals surface area contributed by atoms with E-state index in [0.717, 1.165) is 22.6 Å². The van der Waals surface area contributed by atoms with Gasteiger partial charge in [0.15, 0.2) is 0 Å². The van der Waals surface area contributed by atoms with Gasteiger partial charge in [-0.3, -0.25) is 0 Å². The maximum absolute atomic E-state index is 5.58. The molecule has 0 fully saturated rings. The molecule has 120 valence electrons. The first-order chi connectivity index (χ1) is 11.8. The van der Waals surface area contributed by atoms with Crippen LogP contribution in [0.2, 0.25) is 0 Å². The highest BCUT2D eigenvalue weighted by Crippen LogP contribution is 2.16. The van der Waals surface area contributed by atoms with Gasteiger partial charge >= 0.3 is 0 Å². The summed E-state index contributed by atoms with van der Waals surface area (Å²) in [6, 6.07) is 15.8. The third-order valence-electron chi connectivity index (χ3n) is 3.24. The van der Waals surface area contributed by atoms with Crippen molar-refractivity contribution in [2.45, 2.75) is 13.8 Å². The Morgan fingerprint density at radius 3 is 1.54 bits per heavy atom. The number of allylic oxidation sites excluding steroid dienone is 2. The molecule has 0 atom stereocenters. The Bertz CT molecular complexity index is 741. The minimum Gasteiger partial charge on any atom is -0.481 e. The Morgan fingerprint density at radius 2 is 1.12 bits per heavy atom. The predicted octanol–water partition coefficient (Wildman–Crippen LogP) is 4.32. The quantitative estimate of drug-likeness (QED) is 0.782. The van der Waals surface area contributed by atoms with E-state index in [1.165, 1.54) is 0 Å². The van der Waals surface area contributed by atoms with Crippen LogP contribution in [0.5, 0.6) is 11.5 Å². The molecule has 2 heteroatoms. The smallest absolute Gasteiger partial charge is 0.149 e. The second-order valence-electron chi connectivity index (χ2n) is 5.08. The van der Waals surface area contributed by atoms with Crippen LogP contribution in [0, 0.1) is 37.5 Å². The average molecular weight is 316 g/mol. The van der Waals surface area contributed by atoms with Crippen LogP contribution in [-0.4, -0.2) is 13.2 Å². The summed E-state index contributed by atoms with van der Waals surface area (Å²) in [7, 11) is 0. The van der Waals surface area contributed by atoms with Gasteiger partial charge in [-0.15, -0.1) is 0 Å². The minimum absolute atomic E-state index is 0.360. The summed E-state index contributed by atoms with van der Waals surface area (Å²) in [5.74, 6) is 13.4. The molecule has 0 saturated heterocycles. The zero-order valence-corrected chi connectivity index (χ0v) is 14.0. The zero-order chi connectivity index (χ0) is 17.0. The van der Waals surface area contributed by atoms with Crippen molar-refractivity contribution in [3.63, 3.8) is 0 Å². The summed E-state index contributed by atoms with van der Waals surface area (Å²) in [6.45, 7) is 4.74. The van der Waals surface area contributed by atoms with E-state index in [9.17, 15) is 0 Å². The van der Waals surface area contributed by atoms with Crippen molar-refractivity contribution in [1.29, 1.82) is 0 Å². The molecule has 0 saturated carbocycles. The van der Waals surface area contributed by atoms with Crippen molar-refractivity contribution in [3.05, 3.63) is 71.8 Å². The third kappa shape index (κ3) is 5.95. The Balaban J connectivity index is 1.69. The van der Waals surface area contributed by atoms with Crippen molar-refractivity contribution in [3.8, 4) is 35.2 Å². The molecular weight excluding hydrogens is 296 g/mol. The summed E-state index contributed by atoms with van der Waals surface area (Å²) in [5.41, 5.74) is 2.21. The second-order valence-corrected chi connectivity index (χ2v) is 5.08. The maximum Gasteiger partial charge on any atom is 0.149 e. The first kappa shape index (κ1) is 17.3. The van der Waals surface area contributed by atoms with Crippen LogP contribution in [0.1, 0.15) is 11.1 Å². The lowest BCUT2D eigenvalue weighted by Crippen LogP contribution is -1.95. The van der Waals surface area contributed by atoms with Crippen LogP contribution in [0.4, 0.5) is 0 Å². The predicted molar refractivity (Wildman–Crippen MR) is 98.0 cm³/mol. The highest BCUT2D eigenvalue weighted by atomic mass is 16.5. The molecule has 0 aromatic heterocycles. The van der Waals surface area contributed by atoms with Crippen molar-refractivity contribution in [2.75, 3.05) is 13.2 Å². The van der Waals surface area contributed by atoms with Gasteiger partial charge in [-0.25, -0.2) is 0 Å². The van der Waals surface area contributed by atoms with Crippen molar-refractivity contribution < 1.29 is 9.47 Å². The van der Waals surface area contributed by atoms with Crippen molar-refractivity contribution in [2.24, 2.45) is 0 Å². The van der Waals surface area contributed by atoms with E-state index < -0.39 is 0 Å². The summed E-state index contributed by atoms with van der Waals surface area (Å²) in [4.78, 5) is 0. The van der Waals surface area contributed by atoms with E-state index in [4.69, 9.17) is 9.47 Å². The van der Waals surface area contributed by atoms with Gasteiger partial charge in [-0.05, 0) is 49.3 Å². The van der Waals surface area contributed by atoms with Crippen LogP contribution in [0.15, 0.2) is 60.7 Å². The molecule has 0 aliphatic heterocycles. The molecular formula is C22H20O2. The minimum atomic E-state index is 0.360. The van der Waals surface area contributed by atoms with Crippen LogP contribution >= 0.6 is 0 Å². The van der Waals surface area contributed by atoms with Gasteiger partial charge in [-0.2, -0.15) is 0 Å². The van der Waals surface area contributed by atoms with Gasteiger partial charge in [0, 0.05) is 0 Å².